The lowest BCUT2D eigenvalue weighted by atomic mass is 10.1. The van der Waals surface area contributed by atoms with E-state index < -0.39 is 18.4 Å². The highest BCUT2D eigenvalue weighted by atomic mass is 127. The molecule has 0 unspecified atom stereocenters. The molecule has 31 heavy (non-hydrogen) atoms. The van der Waals surface area contributed by atoms with Gasteiger partial charge in [0.2, 0.25) is 0 Å². The van der Waals surface area contributed by atoms with Crippen molar-refractivity contribution in [2.45, 2.75) is 32.4 Å². The van der Waals surface area contributed by atoms with E-state index in [1.165, 1.54) is 28.9 Å². The molecule has 0 aliphatic heterocycles. The minimum Gasteiger partial charge on any atom is -0.382 e. The zero-order valence-corrected chi connectivity index (χ0v) is 19.2. The average molecular weight is 553 g/mol. The first-order valence-electron chi connectivity index (χ1n) is 9.37. The molecule has 12 heteroatoms. The fourth-order valence-electron chi connectivity index (χ4n) is 2.66. The van der Waals surface area contributed by atoms with Crippen LogP contribution in [0.5, 0.6) is 0 Å². The Morgan fingerprint density at radius 1 is 1.26 bits per heavy atom. The van der Waals surface area contributed by atoms with E-state index in [4.69, 9.17) is 5.73 Å². The van der Waals surface area contributed by atoms with Gasteiger partial charge in [-0.2, -0.15) is 23.5 Å². The highest BCUT2D eigenvalue weighted by Gasteiger charge is 2.26. The van der Waals surface area contributed by atoms with E-state index in [0.29, 0.717) is 43.3 Å². The molecular formula is C19H24F4IN7. The number of aryl methyl sites for hydroxylation is 1. The highest BCUT2D eigenvalue weighted by Crippen LogP contribution is 2.22. The summed E-state index contributed by atoms with van der Waals surface area (Å²) in [7, 11) is 0. The number of nitriles is 1. The van der Waals surface area contributed by atoms with E-state index in [0.717, 1.165) is 0 Å². The summed E-state index contributed by atoms with van der Waals surface area (Å²) < 4.78 is 51.3. The lowest BCUT2D eigenvalue weighted by Gasteiger charge is -2.12. The third kappa shape index (κ3) is 8.23. The minimum absolute atomic E-state index is 0. The Hall–Kier alpha value is -2.56. The second-order valence-electron chi connectivity index (χ2n) is 6.36. The van der Waals surface area contributed by atoms with E-state index in [-0.39, 0.29) is 41.9 Å². The van der Waals surface area contributed by atoms with Crippen molar-refractivity contribution in [3.8, 4) is 11.8 Å². The molecular weight excluding hydrogens is 529 g/mol. The number of halogens is 5. The molecule has 0 saturated carbocycles. The number of nitrogens with two attached hydrogens (primary N) is 1. The van der Waals surface area contributed by atoms with Gasteiger partial charge in [-0.1, -0.05) is 0 Å². The molecule has 0 fully saturated rings. The van der Waals surface area contributed by atoms with Crippen molar-refractivity contribution < 1.29 is 17.6 Å². The van der Waals surface area contributed by atoms with Crippen LogP contribution >= 0.6 is 24.0 Å². The molecule has 0 bridgehead atoms. The van der Waals surface area contributed by atoms with Crippen LogP contribution in [0.3, 0.4) is 0 Å². The zero-order valence-electron chi connectivity index (χ0n) is 16.8. The van der Waals surface area contributed by atoms with Crippen molar-refractivity contribution in [3.05, 3.63) is 41.3 Å². The molecule has 2 aromatic rings. The maximum Gasteiger partial charge on any atom is 0.390 e. The molecule has 170 valence electrons. The van der Waals surface area contributed by atoms with E-state index in [1.54, 1.807) is 0 Å². The van der Waals surface area contributed by atoms with Crippen molar-refractivity contribution in [3.63, 3.8) is 0 Å². The van der Waals surface area contributed by atoms with Crippen molar-refractivity contribution in [2.75, 3.05) is 25.4 Å². The smallest absolute Gasteiger partial charge is 0.382 e. The molecule has 0 radical (unpaired) electrons. The number of nitrogens with zero attached hydrogens (tertiary/aromatic N) is 4. The maximum absolute atomic E-state index is 13.1. The Labute approximate surface area is 194 Å². The number of rotatable bonds is 8. The van der Waals surface area contributed by atoms with Crippen LogP contribution in [0.2, 0.25) is 0 Å². The van der Waals surface area contributed by atoms with Crippen molar-refractivity contribution in [1.29, 1.82) is 5.26 Å². The summed E-state index contributed by atoms with van der Waals surface area (Å²) in [6.07, 6.45) is -4.29. The number of guanidine groups is 1. The van der Waals surface area contributed by atoms with Gasteiger partial charge in [-0.3, -0.25) is 4.99 Å². The Morgan fingerprint density at radius 2 is 1.94 bits per heavy atom. The van der Waals surface area contributed by atoms with E-state index in [9.17, 15) is 22.8 Å². The summed E-state index contributed by atoms with van der Waals surface area (Å²) in [5, 5.41) is 19.3. The second-order valence-corrected chi connectivity index (χ2v) is 6.36. The van der Waals surface area contributed by atoms with Gasteiger partial charge >= 0.3 is 6.18 Å². The van der Waals surface area contributed by atoms with Gasteiger partial charge < -0.3 is 16.4 Å². The normalized spacial score (nSPS) is 11.5. The predicted molar refractivity (Wildman–Crippen MR) is 121 cm³/mol. The van der Waals surface area contributed by atoms with Gasteiger partial charge in [-0.25, -0.2) is 9.07 Å². The van der Waals surface area contributed by atoms with Crippen LogP contribution < -0.4 is 16.4 Å². The fraction of sp³-hybridized carbons (Fsp3) is 0.421. The van der Waals surface area contributed by atoms with Gasteiger partial charge in [0.05, 0.1) is 17.8 Å². The molecule has 1 heterocycles. The number of benzene rings is 1. The number of aliphatic imine (C=N–C) groups is 1. The van der Waals surface area contributed by atoms with Gasteiger partial charge in [0.15, 0.2) is 5.96 Å². The number of aromatic nitrogens is 2. The molecule has 0 saturated heterocycles. The number of anilines is 1. The lowest BCUT2D eigenvalue weighted by Crippen LogP contribution is -2.39. The van der Waals surface area contributed by atoms with E-state index >= 15 is 0 Å². The minimum atomic E-state index is -4.23. The first-order valence-corrected chi connectivity index (χ1v) is 9.37. The number of hydrogen-bond donors (Lipinski definition) is 3. The monoisotopic (exact) mass is 553 g/mol. The van der Waals surface area contributed by atoms with Crippen LogP contribution in [0.4, 0.5) is 23.4 Å². The molecule has 0 atom stereocenters. The molecule has 7 nitrogen and oxygen atoms in total. The van der Waals surface area contributed by atoms with Crippen LogP contribution in [0.25, 0.3) is 5.69 Å². The number of nitrogen functional groups attached to an aromatic ring is 1. The topological polar surface area (TPSA) is 104 Å². The van der Waals surface area contributed by atoms with Gasteiger partial charge in [0, 0.05) is 19.6 Å². The van der Waals surface area contributed by atoms with Gasteiger partial charge in [0.25, 0.3) is 0 Å². The quantitative estimate of drug-likeness (QED) is 0.153. The van der Waals surface area contributed by atoms with Crippen LogP contribution in [0.1, 0.15) is 31.0 Å². The predicted octanol–water partition coefficient (Wildman–Crippen LogP) is 3.52. The Bertz CT molecular complexity index is 902. The van der Waals surface area contributed by atoms with Crippen molar-refractivity contribution in [2.24, 2.45) is 4.99 Å². The third-order valence-corrected chi connectivity index (χ3v) is 4.06. The van der Waals surface area contributed by atoms with Crippen molar-refractivity contribution in [1.82, 2.24) is 20.4 Å². The first kappa shape index (κ1) is 26.5. The molecule has 1 aromatic heterocycles. The lowest BCUT2D eigenvalue weighted by molar-refractivity contribution is -0.132. The van der Waals surface area contributed by atoms with Crippen LogP contribution in [0, 0.1) is 17.1 Å². The maximum atomic E-state index is 13.1. The van der Waals surface area contributed by atoms with Crippen molar-refractivity contribution >= 4 is 35.8 Å². The van der Waals surface area contributed by atoms with E-state index in [1.807, 2.05) is 13.0 Å². The molecule has 1 aromatic carbocycles. The van der Waals surface area contributed by atoms with Crippen LogP contribution in [-0.2, 0) is 6.42 Å². The third-order valence-electron chi connectivity index (χ3n) is 4.06. The molecule has 0 aliphatic carbocycles. The fourth-order valence-corrected chi connectivity index (χ4v) is 2.66. The molecule has 0 spiro atoms. The van der Waals surface area contributed by atoms with Crippen LogP contribution in [-0.4, -0.2) is 41.6 Å². The SMILES string of the molecule is CCNC(=NCCCc1nn(-c2ccc(F)cc2)c(N)c1C#N)NCCC(F)(F)F.I. The number of nitrogens with one attached hydrogen (secondary N) is 2. The van der Waals surface area contributed by atoms with Gasteiger partial charge in [-0.15, -0.1) is 24.0 Å². The standard InChI is InChI=1S/C19H23F4N7.HI/c1-2-26-18(28-11-9-19(21,22)23)27-10-3-4-16-15(12-24)17(25)30(29-16)14-7-5-13(20)6-8-14;/h5-8H,2-4,9-11,25H2,1H3,(H2,26,27,28);1H. The second kappa shape index (κ2) is 12.3. The van der Waals surface area contributed by atoms with Crippen LogP contribution in [0.15, 0.2) is 29.3 Å². The van der Waals surface area contributed by atoms with Gasteiger partial charge in [-0.05, 0) is 44.0 Å². The average Bonchev–Trinajstić information content (AvgIpc) is 3.00. The summed E-state index contributed by atoms with van der Waals surface area (Å²) in [5.74, 6) is 0.0479. The Morgan fingerprint density at radius 3 is 2.52 bits per heavy atom. The molecule has 0 aliphatic rings. The summed E-state index contributed by atoms with van der Waals surface area (Å²) in [6.45, 7) is 2.36. The Kier molecular flexibility index (Phi) is 10.5. The first-order chi connectivity index (χ1) is 14.2. The van der Waals surface area contributed by atoms with E-state index in [2.05, 4.69) is 20.7 Å². The number of alkyl halides is 3. The molecule has 2 rings (SSSR count). The summed E-state index contributed by atoms with van der Waals surface area (Å²) in [4.78, 5) is 4.24. The summed E-state index contributed by atoms with van der Waals surface area (Å²) in [5.41, 5.74) is 7.25. The molecule has 4 N–H and O–H groups in total. The summed E-state index contributed by atoms with van der Waals surface area (Å²) in [6, 6.07) is 7.57. The molecule has 0 amide bonds. The highest BCUT2D eigenvalue weighted by molar-refractivity contribution is 14.0. The Balaban J connectivity index is 0.00000480. The number of hydrogen-bond acceptors (Lipinski definition) is 4. The largest absolute Gasteiger partial charge is 0.390 e. The zero-order chi connectivity index (χ0) is 22.1. The summed E-state index contributed by atoms with van der Waals surface area (Å²) >= 11 is 0. The van der Waals surface area contributed by atoms with Gasteiger partial charge in [0.1, 0.15) is 23.3 Å².